The van der Waals surface area contributed by atoms with Crippen molar-refractivity contribution < 1.29 is 19.0 Å². The van der Waals surface area contributed by atoms with Gasteiger partial charge in [0, 0.05) is 43.2 Å². The zero-order valence-electron chi connectivity index (χ0n) is 16.5. The largest absolute Gasteiger partial charge is 0.508 e. The van der Waals surface area contributed by atoms with Crippen LogP contribution in [0.1, 0.15) is 36.0 Å². The van der Waals surface area contributed by atoms with Crippen LogP contribution in [-0.4, -0.2) is 36.8 Å². The van der Waals surface area contributed by atoms with Gasteiger partial charge in [-0.25, -0.2) is 4.39 Å². The molecular weight excluding hydrogens is 373 g/mol. The second kappa shape index (κ2) is 8.23. The number of nitrogens with one attached hydrogen (secondary N) is 1. The van der Waals surface area contributed by atoms with E-state index in [-0.39, 0.29) is 29.9 Å². The normalized spacial score (nSPS) is 11.8. The summed E-state index contributed by atoms with van der Waals surface area (Å²) >= 11 is 0. The highest BCUT2D eigenvalue weighted by molar-refractivity contribution is 5.86. The van der Waals surface area contributed by atoms with Crippen molar-refractivity contribution >= 4 is 22.6 Å². The van der Waals surface area contributed by atoms with E-state index >= 15 is 4.39 Å². The molecule has 0 aliphatic heterocycles. The molecule has 3 aromatic rings. The van der Waals surface area contributed by atoms with Gasteiger partial charge in [-0.1, -0.05) is 6.07 Å². The van der Waals surface area contributed by atoms with E-state index in [4.69, 9.17) is 4.74 Å². The van der Waals surface area contributed by atoms with Crippen LogP contribution in [0.5, 0.6) is 5.75 Å². The van der Waals surface area contributed by atoms with Crippen LogP contribution >= 0.6 is 0 Å². The van der Waals surface area contributed by atoms with Crippen LogP contribution in [-0.2, 0) is 9.53 Å². The maximum atomic E-state index is 15.4. The molecule has 1 heterocycles. The Morgan fingerprint density at radius 1 is 1.31 bits per heavy atom. The van der Waals surface area contributed by atoms with Crippen molar-refractivity contribution in [2.75, 3.05) is 25.6 Å². The quantitative estimate of drug-likeness (QED) is 0.615. The molecule has 0 radical (unpaired) electrons. The lowest BCUT2D eigenvalue weighted by molar-refractivity contribution is -0.143. The zero-order valence-corrected chi connectivity index (χ0v) is 16.5. The fourth-order valence-corrected chi connectivity index (χ4v) is 3.53. The summed E-state index contributed by atoms with van der Waals surface area (Å²) in [6.07, 6.45) is 1.62. The molecule has 1 atom stereocenters. The minimum atomic E-state index is -0.657. The molecule has 2 N–H and O–H groups in total. The summed E-state index contributed by atoms with van der Waals surface area (Å²) < 4.78 is 20.5. The first-order valence-corrected chi connectivity index (χ1v) is 9.22. The van der Waals surface area contributed by atoms with Gasteiger partial charge in [-0.05, 0) is 36.2 Å². The number of esters is 1. The molecule has 1 unspecified atom stereocenters. The van der Waals surface area contributed by atoms with Crippen molar-refractivity contribution in [3.63, 3.8) is 0 Å². The van der Waals surface area contributed by atoms with E-state index in [1.165, 1.54) is 6.07 Å². The Hall–Kier alpha value is -3.53. The highest BCUT2D eigenvalue weighted by Crippen LogP contribution is 2.38. The molecule has 0 aliphatic rings. The van der Waals surface area contributed by atoms with E-state index in [9.17, 15) is 15.2 Å². The third kappa shape index (κ3) is 3.87. The first-order valence-electron chi connectivity index (χ1n) is 9.22. The van der Waals surface area contributed by atoms with Crippen molar-refractivity contribution in [3.05, 3.63) is 59.0 Å². The van der Waals surface area contributed by atoms with Crippen LogP contribution in [0.15, 0.2) is 36.5 Å². The summed E-state index contributed by atoms with van der Waals surface area (Å²) in [5, 5.41) is 20.0. The van der Waals surface area contributed by atoms with Crippen molar-refractivity contribution in [2.24, 2.45) is 0 Å². The molecule has 7 heteroatoms. The number of benzene rings is 2. The van der Waals surface area contributed by atoms with E-state index in [2.05, 4.69) is 4.98 Å². The maximum absolute atomic E-state index is 15.4. The number of H-pyrrole nitrogens is 1. The monoisotopic (exact) mass is 395 g/mol. The Morgan fingerprint density at radius 3 is 2.72 bits per heavy atom. The number of hydrogen-bond donors (Lipinski definition) is 2. The molecule has 2 aromatic carbocycles. The number of phenolic OH excluding ortho intramolecular Hbond substituents is 1. The number of rotatable bonds is 6. The summed E-state index contributed by atoms with van der Waals surface area (Å²) in [6.45, 7) is 1.93. The topological polar surface area (TPSA) is 89.4 Å². The number of aromatic amines is 1. The van der Waals surface area contributed by atoms with E-state index < -0.39 is 17.7 Å². The third-order valence-electron chi connectivity index (χ3n) is 4.87. The summed E-state index contributed by atoms with van der Waals surface area (Å²) in [5.41, 5.74) is 1.99. The molecule has 0 saturated carbocycles. The van der Waals surface area contributed by atoms with Crippen molar-refractivity contribution in [2.45, 2.75) is 19.3 Å². The van der Waals surface area contributed by atoms with Crippen molar-refractivity contribution in [1.29, 1.82) is 5.26 Å². The van der Waals surface area contributed by atoms with Crippen LogP contribution in [0.2, 0.25) is 0 Å². The van der Waals surface area contributed by atoms with Gasteiger partial charge in [0.1, 0.15) is 23.2 Å². The second-order valence-corrected chi connectivity index (χ2v) is 6.90. The number of carbonyl (C=O) groups is 1. The molecule has 150 valence electrons. The number of halogens is 1. The second-order valence-electron chi connectivity index (χ2n) is 6.90. The lowest BCUT2D eigenvalue weighted by Crippen LogP contribution is -2.16. The molecule has 0 fully saturated rings. The van der Waals surface area contributed by atoms with Gasteiger partial charge in [-0.3, -0.25) is 4.79 Å². The number of phenols is 1. The van der Waals surface area contributed by atoms with Gasteiger partial charge in [0.2, 0.25) is 0 Å². The summed E-state index contributed by atoms with van der Waals surface area (Å²) in [5.74, 6) is -1.67. The highest BCUT2D eigenvalue weighted by atomic mass is 19.1. The van der Waals surface area contributed by atoms with Crippen LogP contribution in [0.4, 0.5) is 10.1 Å². The van der Waals surface area contributed by atoms with E-state index in [0.717, 1.165) is 5.39 Å². The molecule has 29 heavy (non-hydrogen) atoms. The number of hydrogen-bond acceptors (Lipinski definition) is 5. The number of aromatic nitrogens is 1. The van der Waals surface area contributed by atoms with Crippen molar-refractivity contribution in [1.82, 2.24) is 4.98 Å². The van der Waals surface area contributed by atoms with E-state index in [0.29, 0.717) is 16.8 Å². The number of nitriles is 1. The Balaban J connectivity index is 2.19. The first-order chi connectivity index (χ1) is 13.9. The smallest absolute Gasteiger partial charge is 0.306 e. The van der Waals surface area contributed by atoms with Crippen LogP contribution in [0.25, 0.3) is 10.9 Å². The number of aromatic hydroxyl groups is 1. The fourth-order valence-electron chi connectivity index (χ4n) is 3.53. The van der Waals surface area contributed by atoms with E-state index in [1.54, 1.807) is 56.4 Å². The van der Waals surface area contributed by atoms with Gasteiger partial charge in [0.25, 0.3) is 0 Å². The Kier molecular flexibility index (Phi) is 5.74. The van der Waals surface area contributed by atoms with Gasteiger partial charge in [-0.2, -0.15) is 5.26 Å². The first kappa shape index (κ1) is 20.2. The maximum Gasteiger partial charge on any atom is 0.306 e. The SMILES string of the molecule is CCOC(=O)CC(c1ccc(N(C)C)c(C#N)c1F)c1c[nH]c2cc(O)ccc12. The van der Waals surface area contributed by atoms with Gasteiger partial charge >= 0.3 is 5.97 Å². The third-order valence-corrected chi connectivity index (χ3v) is 4.87. The van der Waals surface area contributed by atoms with Crippen LogP contribution < -0.4 is 4.90 Å². The number of nitrogens with zero attached hydrogens (tertiary/aromatic N) is 2. The Bertz CT molecular complexity index is 1100. The molecule has 0 amide bonds. The summed E-state index contributed by atoms with van der Waals surface area (Å²) in [7, 11) is 3.47. The molecule has 0 bridgehead atoms. The molecular formula is C22H22FN3O3. The number of ether oxygens (including phenoxy) is 1. The minimum Gasteiger partial charge on any atom is -0.508 e. The predicted molar refractivity (Wildman–Crippen MR) is 108 cm³/mol. The van der Waals surface area contributed by atoms with Crippen molar-refractivity contribution in [3.8, 4) is 11.8 Å². The molecule has 3 rings (SSSR count). The lowest BCUT2D eigenvalue weighted by Gasteiger charge is -2.21. The molecule has 1 aromatic heterocycles. The summed E-state index contributed by atoms with van der Waals surface area (Å²) in [6, 6.07) is 10.0. The van der Waals surface area contributed by atoms with Crippen LogP contribution in [0.3, 0.4) is 0 Å². The predicted octanol–water partition coefficient (Wildman–Crippen LogP) is 4.04. The number of fused-ring (bicyclic) bond motifs is 1. The average molecular weight is 395 g/mol. The average Bonchev–Trinajstić information content (AvgIpc) is 3.09. The van der Waals surface area contributed by atoms with Crippen LogP contribution in [0, 0.1) is 17.1 Å². The fraction of sp³-hybridized carbons (Fsp3) is 0.273. The zero-order chi connectivity index (χ0) is 21.1. The van der Waals surface area contributed by atoms with Gasteiger partial charge in [0.15, 0.2) is 0 Å². The highest BCUT2D eigenvalue weighted by Gasteiger charge is 2.27. The number of carbonyl (C=O) groups excluding carboxylic acids is 1. The minimum absolute atomic E-state index is 0.0705. The molecule has 0 aliphatic carbocycles. The standard InChI is InChI=1S/C22H22FN3O3/c1-4-29-21(28)10-16(18-12-25-19-9-13(27)5-6-14(18)19)15-7-8-20(26(2)3)17(11-24)22(15)23/h5-9,12,16,25,27H,4,10H2,1-3H3. The molecule has 6 nitrogen and oxygen atoms in total. The Morgan fingerprint density at radius 2 is 2.07 bits per heavy atom. The lowest BCUT2D eigenvalue weighted by atomic mass is 9.86. The van der Waals surface area contributed by atoms with Gasteiger partial charge < -0.3 is 19.7 Å². The summed E-state index contributed by atoms with van der Waals surface area (Å²) in [4.78, 5) is 17.0. The van der Waals surface area contributed by atoms with Gasteiger partial charge in [0.05, 0.1) is 18.7 Å². The number of anilines is 1. The molecule has 0 saturated heterocycles. The molecule has 0 spiro atoms. The Labute approximate surface area is 168 Å². The van der Waals surface area contributed by atoms with Gasteiger partial charge in [-0.15, -0.1) is 0 Å². The van der Waals surface area contributed by atoms with E-state index in [1.807, 2.05) is 6.07 Å².